The highest BCUT2D eigenvalue weighted by atomic mass is 16.5. The molecule has 0 saturated carbocycles. The second-order valence-corrected chi connectivity index (χ2v) is 8.63. The van der Waals surface area contributed by atoms with Crippen LogP contribution in [0.25, 0.3) is 6.08 Å². The number of imide groups is 1. The van der Waals surface area contributed by atoms with Gasteiger partial charge in [-0.15, -0.1) is 0 Å². The number of aliphatic hydroxyl groups excluding tert-OH is 1. The Morgan fingerprint density at radius 2 is 1.67 bits per heavy atom. The van der Waals surface area contributed by atoms with E-state index in [0.29, 0.717) is 23.6 Å². The summed E-state index contributed by atoms with van der Waals surface area (Å²) in [5.41, 5.74) is 1.80. The zero-order chi connectivity index (χ0) is 25.7. The van der Waals surface area contributed by atoms with Crippen molar-refractivity contribution in [3.63, 3.8) is 0 Å². The number of urea groups is 1. The standard InChI is InChI=1S/C26H32N4O6/c1-34-20-9-8-18(24(15-20)36-3)14-21-25(32)30(26(33)27-21)17-19(31)16-28-10-12-29(13-11-28)22-6-4-5-7-23(22)35-2/h4-9,14-15,19,31H,10-13,16-17H2,1-3H3,(H,27,33)/b21-14-. The van der Waals surface area contributed by atoms with E-state index in [-0.39, 0.29) is 12.2 Å². The maximum Gasteiger partial charge on any atom is 0.329 e. The number of carbonyl (C=O) groups excluding carboxylic acids is 2. The van der Waals surface area contributed by atoms with Crippen molar-refractivity contribution in [1.82, 2.24) is 15.1 Å². The van der Waals surface area contributed by atoms with Gasteiger partial charge in [-0.3, -0.25) is 14.6 Å². The van der Waals surface area contributed by atoms with E-state index in [2.05, 4.69) is 15.1 Å². The van der Waals surface area contributed by atoms with Crippen LogP contribution in [0.4, 0.5) is 10.5 Å². The van der Waals surface area contributed by atoms with Crippen molar-refractivity contribution < 1.29 is 28.9 Å². The smallest absolute Gasteiger partial charge is 0.329 e. The highest BCUT2D eigenvalue weighted by Crippen LogP contribution is 2.29. The number of aliphatic hydroxyl groups is 1. The van der Waals surface area contributed by atoms with E-state index in [0.717, 1.165) is 42.5 Å². The summed E-state index contributed by atoms with van der Waals surface area (Å²) >= 11 is 0. The predicted molar refractivity (Wildman–Crippen MR) is 135 cm³/mol. The number of amides is 3. The first-order valence-corrected chi connectivity index (χ1v) is 11.8. The van der Waals surface area contributed by atoms with E-state index in [9.17, 15) is 14.7 Å². The Balaban J connectivity index is 1.33. The number of para-hydroxylation sites is 2. The molecule has 2 aliphatic rings. The largest absolute Gasteiger partial charge is 0.497 e. The Labute approximate surface area is 210 Å². The molecule has 0 radical (unpaired) electrons. The first-order chi connectivity index (χ1) is 17.4. The summed E-state index contributed by atoms with van der Waals surface area (Å²) in [6, 6.07) is 12.5. The number of ether oxygens (including phenoxy) is 3. The zero-order valence-corrected chi connectivity index (χ0v) is 20.8. The highest BCUT2D eigenvalue weighted by molar-refractivity contribution is 6.14. The molecule has 1 unspecified atom stereocenters. The van der Waals surface area contributed by atoms with Crippen LogP contribution < -0.4 is 24.4 Å². The van der Waals surface area contributed by atoms with Gasteiger partial charge in [0.15, 0.2) is 0 Å². The third kappa shape index (κ3) is 5.55. The molecular formula is C26H32N4O6. The number of hydrogen-bond acceptors (Lipinski definition) is 8. The lowest BCUT2D eigenvalue weighted by Gasteiger charge is -2.37. The molecule has 0 aromatic heterocycles. The van der Waals surface area contributed by atoms with Crippen molar-refractivity contribution in [3.8, 4) is 17.2 Å². The van der Waals surface area contributed by atoms with Crippen molar-refractivity contribution in [3.05, 3.63) is 53.7 Å². The highest BCUT2D eigenvalue weighted by Gasteiger charge is 2.35. The minimum absolute atomic E-state index is 0.0888. The van der Waals surface area contributed by atoms with E-state index in [4.69, 9.17) is 14.2 Å². The number of hydrogen-bond donors (Lipinski definition) is 2. The van der Waals surface area contributed by atoms with Crippen LogP contribution in [0.2, 0.25) is 0 Å². The lowest BCUT2D eigenvalue weighted by Crippen LogP contribution is -2.50. The maximum absolute atomic E-state index is 12.9. The topological polar surface area (TPSA) is 104 Å². The van der Waals surface area contributed by atoms with Crippen LogP contribution in [0.15, 0.2) is 48.2 Å². The van der Waals surface area contributed by atoms with E-state index in [1.807, 2.05) is 24.3 Å². The molecule has 2 heterocycles. The van der Waals surface area contributed by atoms with Crippen LogP contribution in [0.1, 0.15) is 5.56 Å². The van der Waals surface area contributed by atoms with Crippen molar-refractivity contribution >= 4 is 23.7 Å². The minimum Gasteiger partial charge on any atom is -0.497 e. The molecule has 2 N–H and O–H groups in total. The molecule has 0 spiro atoms. The lowest BCUT2D eigenvalue weighted by atomic mass is 10.1. The Morgan fingerprint density at radius 1 is 0.944 bits per heavy atom. The number of piperazine rings is 1. The molecule has 10 heteroatoms. The summed E-state index contributed by atoms with van der Waals surface area (Å²) in [6.07, 6.45) is 0.689. The Bertz CT molecular complexity index is 1130. The number of carbonyl (C=O) groups is 2. The minimum atomic E-state index is -0.868. The van der Waals surface area contributed by atoms with Gasteiger partial charge in [-0.1, -0.05) is 12.1 Å². The van der Waals surface area contributed by atoms with Gasteiger partial charge in [-0.25, -0.2) is 4.79 Å². The molecular weight excluding hydrogens is 464 g/mol. The normalized spacial score (nSPS) is 18.4. The zero-order valence-electron chi connectivity index (χ0n) is 20.8. The van der Waals surface area contributed by atoms with Crippen molar-refractivity contribution in [2.45, 2.75) is 6.10 Å². The third-order valence-electron chi connectivity index (χ3n) is 6.36. The van der Waals surface area contributed by atoms with Crippen LogP contribution in [0.3, 0.4) is 0 Å². The second-order valence-electron chi connectivity index (χ2n) is 8.63. The van der Waals surface area contributed by atoms with Gasteiger partial charge in [0.05, 0.1) is 39.7 Å². The number of β-amino-alcohol motifs (C(OH)–C–C–N with tert-alkyl or cyclic N) is 1. The van der Waals surface area contributed by atoms with E-state index in [1.165, 1.54) is 7.11 Å². The Morgan fingerprint density at radius 3 is 2.36 bits per heavy atom. The quantitative estimate of drug-likeness (QED) is 0.400. The Hall–Kier alpha value is -3.76. The van der Waals surface area contributed by atoms with E-state index >= 15 is 0 Å². The fourth-order valence-corrected chi connectivity index (χ4v) is 4.46. The number of anilines is 1. The molecule has 3 amide bonds. The molecule has 192 valence electrons. The van der Waals surface area contributed by atoms with E-state index in [1.54, 1.807) is 38.5 Å². The summed E-state index contributed by atoms with van der Waals surface area (Å²) in [6.45, 7) is 3.34. The van der Waals surface area contributed by atoms with Gasteiger partial charge in [-0.05, 0) is 30.3 Å². The predicted octanol–water partition coefficient (Wildman–Crippen LogP) is 1.79. The van der Waals surface area contributed by atoms with Gasteiger partial charge in [0.1, 0.15) is 22.9 Å². The average molecular weight is 497 g/mol. The van der Waals surface area contributed by atoms with Crippen molar-refractivity contribution in [2.75, 3.05) is 65.5 Å². The molecule has 0 aliphatic carbocycles. The molecule has 2 aromatic carbocycles. The molecule has 2 saturated heterocycles. The SMILES string of the molecule is COc1ccc(/C=C2\NC(=O)N(CC(O)CN3CCN(c4ccccc4OC)CC3)C2=O)c(OC)c1. The lowest BCUT2D eigenvalue weighted by molar-refractivity contribution is -0.124. The number of nitrogens with zero attached hydrogens (tertiary/aromatic N) is 3. The maximum atomic E-state index is 12.9. The van der Waals surface area contributed by atoms with E-state index < -0.39 is 18.0 Å². The van der Waals surface area contributed by atoms with Crippen LogP contribution in [-0.2, 0) is 4.79 Å². The van der Waals surface area contributed by atoms with Crippen molar-refractivity contribution in [2.24, 2.45) is 0 Å². The van der Waals surface area contributed by atoms with Crippen LogP contribution >= 0.6 is 0 Å². The van der Waals surface area contributed by atoms with Crippen molar-refractivity contribution in [1.29, 1.82) is 0 Å². The average Bonchev–Trinajstić information content (AvgIpc) is 3.16. The molecule has 1 atom stereocenters. The molecule has 0 bridgehead atoms. The van der Waals surface area contributed by atoms with Gasteiger partial charge in [0.25, 0.3) is 5.91 Å². The molecule has 4 rings (SSSR count). The van der Waals surface area contributed by atoms with Gasteiger partial charge in [0.2, 0.25) is 0 Å². The van der Waals surface area contributed by atoms with Gasteiger partial charge < -0.3 is 29.5 Å². The summed E-state index contributed by atoms with van der Waals surface area (Å²) in [5.74, 6) is 1.47. The van der Waals surface area contributed by atoms with Gasteiger partial charge in [0, 0.05) is 44.4 Å². The molecule has 2 fully saturated rings. The monoisotopic (exact) mass is 496 g/mol. The fourth-order valence-electron chi connectivity index (χ4n) is 4.46. The first kappa shape index (κ1) is 25.3. The first-order valence-electron chi connectivity index (χ1n) is 11.8. The molecule has 36 heavy (non-hydrogen) atoms. The van der Waals surface area contributed by atoms with Gasteiger partial charge in [-0.2, -0.15) is 0 Å². The van der Waals surface area contributed by atoms with Crippen LogP contribution in [-0.4, -0.2) is 93.5 Å². The van der Waals surface area contributed by atoms with Gasteiger partial charge >= 0.3 is 6.03 Å². The third-order valence-corrected chi connectivity index (χ3v) is 6.36. The summed E-state index contributed by atoms with van der Waals surface area (Å²) in [5, 5.41) is 13.3. The second kappa shape index (κ2) is 11.3. The summed E-state index contributed by atoms with van der Waals surface area (Å²) < 4.78 is 16.0. The number of benzene rings is 2. The summed E-state index contributed by atoms with van der Waals surface area (Å²) in [7, 11) is 4.73. The summed E-state index contributed by atoms with van der Waals surface area (Å²) in [4.78, 5) is 30.8. The number of methoxy groups -OCH3 is 3. The Kier molecular flexibility index (Phi) is 7.97. The van der Waals surface area contributed by atoms with Crippen LogP contribution in [0, 0.1) is 0 Å². The number of nitrogens with one attached hydrogen (secondary N) is 1. The molecule has 2 aromatic rings. The molecule has 10 nitrogen and oxygen atoms in total. The van der Waals surface area contributed by atoms with Crippen LogP contribution in [0.5, 0.6) is 17.2 Å². The fraction of sp³-hybridized carbons (Fsp3) is 0.385. The number of rotatable bonds is 9. The molecule has 2 aliphatic heterocycles.